The highest BCUT2D eigenvalue weighted by molar-refractivity contribution is 5.97. The standard InChI is InChI=1S/C16H30N2O3/c1-7-21-9-8-18-13(16(4,5)6)14(19)17-12(15(18)20)10-11(2)3/h11-13H,7-10H2,1-6H3,(H,17,19). The van der Waals surface area contributed by atoms with Crippen LogP contribution in [0, 0.1) is 11.3 Å². The van der Waals surface area contributed by atoms with Crippen molar-refractivity contribution >= 4 is 11.8 Å². The van der Waals surface area contributed by atoms with Gasteiger partial charge in [-0.1, -0.05) is 34.6 Å². The van der Waals surface area contributed by atoms with Gasteiger partial charge in [-0.3, -0.25) is 9.59 Å². The van der Waals surface area contributed by atoms with E-state index in [4.69, 9.17) is 4.74 Å². The van der Waals surface area contributed by atoms with Gasteiger partial charge < -0.3 is 15.0 Å². The van der Waals surface area contributed by atoms with Crippen molar-refractivity contribution in [2.24, 2.45) is 11.3 Å². The van der Waals surface area contributed by atoms with Gasteiger partial charge in [0, 0.05) is 13.2 Å². The van der Waals surface area contributed by atoms with Crippen LogP contribution >= 0.6 is 0 Å². The molecule has 2 unspecified atom stereocenters. The Morgan fingerprint density at radius 1 is 1.29 bits per heavy atom. The molecule has 0 saturated carbocycles. The first kappa shape index (κ1) is 18.0. The van der Waals surface area contributed by atoms with Crippen molar-refractivity contribution in [3.8, 4) is 0 Å². The number of piperazine rings is 1. The fourth-order valence-corrected chi connectivity index (χ4v) is 2.82. The quantitative estimate of drug-likeness (QED) is 0.761. The molecule has 122 valence electrons. The first-order valence-corrected chi connectivity index (χ1v) is 7.87. The first-order chi connectivity index (χ1) is 9.68. The fourth-order valence-electron chi connectivity index (χ4n) is 2.82. The Balaban J connectivity index is 2.94. The monoisotopic (exact) mass is 298 g/mol. The van der Waals surface area contributed by atoms with Gasteiger partial charge in [0.1, 0.15) is 12.1 Å². The van der Waals surface area contributed by atoms with Gasteiger partial charge in [-0.2, -0.15) is 0 Å². The van der Waals surface area contributed by atoms with Crippen molar-refractivity contribution in [2.75, 3.05) is 19.8 Å². The molecule has 2 atom stereocenters. The average molecular weight is 298 g/mol. The third-order valence-corrected chi connectivity index (χ3v) is 3.67. The summed E-state index contributed by atoms with van der Waals surface area (Å²) in [7, 11) is 0. The number of amides is 2. The second-order valence-electron chi connectivity index (χ2n) is 7.19. The van der Waals surface area contributed by atoms with Crippen LogP contribution in [0.5, 0.6) is 0 Å². The van der Waals surface area contributed by atoms with Gasteiger partial charge >= 0.3 is 0 Å². The van der Waals surface area contributed by atoms with E-state index in [0.29, 0.717) is 32.1 Å². The lowest BCUT2D eigenvalue weighted by molar-refractivity contribution is -0.155. The molecule has 1 N–H and O–H groups in total. The van der Waals surface area contributed by atoms with Crippen LogP contribution in [0.4, 0.5) is 0 Å². The minimum absolute atomic E-state index is 0.0166. The van der Waals surface area contributed by atoms with Crippen LogP contribution < -0.4 is 5.32 Å². The molecule has 0 bridgehead atoms. The summed E-state index contributed by atoms with van der Waals surface area (Å²) in [6, 6.07) is -0.841. The molecule has 0 aromatic carbocycles. The molecule has 1 rings (SSSR count). The molecule has 1 aliphatic rings. The molecule has 5 nitrogen and oxygen atoms in total. The van der Waals surface area contributed by atoms with Gasteiger partial charge in [0.25, 0.3) is 0 Å². The van der Waals surface area contributed by atoms with Crippen LogP contribution in [0.1, 0.15) is 48.0 Å². The minimum atomic E-state index is -0.436. The van der Waals surface area contributed by atoms with Crippen molar-refractivity contribution in [2.45, 2.75) is 60.0 Å². The van der Waals surface area contributed by atoms with Gasteiger partial charge in [-0.25, -0.2) is 0 Å². The van der Waals surface area contributed by atoms with Crippen LogP contribution in [0.15, 0.2) is 0 Å². The predicted octanol–water partition coefficient (Wildman–Crippen LogP) is 1.81. The Hall–Kier alpha value is -1.10. The number of nitrogens with zero attached hydrogens (tertiary/aromatic N) is 1. The lowest BCUT2D eigenvalue weighted by Crippen LogP contribution is -2.67. The Morgan fingerprint density at radius 3 is 2.38 bits per heavy atom. The van der Waals surface area contributed by atoms with E-state index < -0.39 is 12.1 Å². The van der Waals surface area contributed by atoms with Gasteiger partial charge in [0.2, 0.25) is 11.8 Å². The number of carbonyl (C=O) groups is 2. The van der Waals surface area contributed by atoms with E-state index in [9.17, 15) is 9.59 Å². The number of carbonyl (C=O) groups excluding carboxylic acids is 2. The molecule has 0 spiro atoms. The highest BCUT2D eigenvalue weighted by Crippen LogP contribution is 2.28. The third kappa shape index (κ3) is 4.70. The Kier molecular flexibility index (Phi) is 6.20. The van der Waals surface area contributed by atoms with Crippen molar-refractivity contribution in [1.29, 1.82) is 0 Å². The zero-order valence-corrected chi connectivity index (χ0v) is 14.2. The summed E-state index contributed by atoms with van der Waals surface area (Å²) in [5.74, 6) is 0.325. The van der Waals surface area contributed by atoms with E-state index in [2.05, 4.69) is 19.2 Å². The summed E-state index contributed by atoms with van der Waals surface area (Å²) in [5, 5.41) is 2.90. The van der Waals surface area contributed by atoms with E-state index in [1.54, 1.807) is 4.90 Å². The molecule has 0 radical (unpaired) electrons. The van der Waals surface area contributed by atoms with Gasteiger partial charge in [0.05, 0.1) is 6.61 Å². The van der Waals surface area contributed by atoms with E-state index in [-0.39, 0.29) is 17.2 Å². The molecule has 1 fully saturated rings. The number of rotatable bonds is 6. The highest BCUT2D eigenvalue weighted by atomic mass is 16.5. The Bertz CT molecular complexity index is 374. The van der Waals surface area contributed by atoms with Crippen LogP contribution in [0.2, 0.25) is 0 Å². The van der Waals surface area contributed by atoms with Crippen LogP contribution in [-0.2, 0) is 14.3 Å². The summed E-state index contributed by atoms with van der Waals surface area (Å²) < 4.78 is 5.37. The molecule has 21 heavy (non-hydrogen) atoms. The van der Waals surface area contributed by atoms with Crippen LogP contribution in [-0.4, -0.2) is 48.6 Å². The third-order valence-electron chi connectivity index (χ3n) is 3.67. The summed E-state index contributed by atoms with van der Waals surface area (Å²) in [6.45, 7) is 13.5. The second kappa shape index (κ2) is 7.25. The molecule has 1 saturated heterocycles. The molecular weight excluding hydrogens is 268 g/mol. The summed E-state index contributed by atoms with van der Waals surface area (Å²) in [4.78, 5) is 26.9. The van der Waals surface area contributed by atoms with Crippen molar-refractivity contribution < 1.29 is 14.3 Å². The topological polar surface area (TPSA) is 58.6 Å². The second-order valence-corrected chi connectivity index (χ2v) is 7.19. The van der Waals surface area contributed by atoms with Crippen molar-refractivity contribution in [3.05, 3.63) is 0 Å². The lowest BCUT2D eigenvalue weighted by atomic mass is 9.82. The van der Waals surface area contributed by atoms with Crippen LogP contribution in [0.3, 0.4) is 0 Å². The maximum Gasteiger partial charge on any atom is 0.245 e. The number of hydrogen-bond acceptors (Lipinski definition) is 3. The fraction of sp³-hybridized carbons (Fsp3) is 0.875. The van der Waals surface area contributed by atoms with E-state index in [0.717, 1.165) is 0 Å². The molecule has 0 aliphatic carbocycles. The van der Waals surface area contributed by atoms with E-state index >= 15 is 0 Å². The number of hydrogen-bond donors (Lipinski definition) is 1. The number of ether oxygens (including phenoxy) is 1. The largest absolute Gasteiger partial charge is 0.380 e. The van der Waals surface area contributed by atoms with E-state index in [1.165, 1.54) is 0 Å². The molecule has 1 aliphatic heterocycles. The van der Waals surface area contributed by atoms with Crippen LogP contribution in [0.25, 0.3) is 0 Å². The van der Waals surface area contributed by atoms with Gasteiger partial charge in [0.15, 0.2) is 0 Å². The molecule has 0 aromatic heterocycles. The smallest absolute Gasteiger partial charge is 0.245 e. The minimum Gasteiger partial charge on any atom is -0.380 e. The molecule has 2 amide bonds. The summed E-state index contributed by atoms with van der Waals surface area (Å²) >= 11 is 0. The number of nitrogens with one attached hydrogen (secondary N) is 1. The molecule has 5 heteroatoms. The summed E-state index contributed by atoms with van der Waals surface area (Å²) in [6.07, 6.45) is 0.673. The Labute approximate surface area is 128 Å². The van der Waals surface area contributed by atoms with Crippen molar-refractivity contribution in [3.63, 3.8) is 0 Å². The zero-order chi connectivity index (χ0) is 16.2. The van der Waals surface area contributed by atoms with E-state index in [1.807, 2.05) is 27.7 Å². The average Bonchev–Trinajstić information content (AvgIpc) is 2.32. The maximum absolute atomic E-state index is 12.7. The zero-order valence-electron chi connectivity index (χ0n) is 14.2. The SMILES string of the molecule is CCOCCN1C(=O)C(CC(C)C)NC(=O)C1C(C)(C)C. The van der Waals surface area contributed by atoms with Gasteiger partial charge in [-0.15, -0.1) is 0 Å². The van der Waals surface area contributed by atoms with Gasteiger partial charge in [-0.05, 0) is 24.7 Å². The highest BCUT2D eigenvalue weighted by Gasteiger charge is 2.45. The van der Waals surface area contributed by atoms with Crippen molar-refractivity contribution in [1.82, 2.24) is 10.2 Å². The lowest BCUT2D eigenvalue weighted by Gasteiger charge is -2.45. The maximum atomic E-state index is 12.7. The predicted molar refractivity (Wildman–Crippen MR) is 82.8 cm³/mol. The molecule has 0 aromatic rings. The summed E-state index contributed by atoms with van der Waals surface area (Å²) in [5.41, 5.74) is -0.297. The first-order valence-electron chi connectivity index (χ1n) is 7.87. The molecule has 1 heterocycles. The normalized spacial score (nSPS) is 23.7. The molecular formula is C16H30N2O3. The Morgan fingerprint density at radius 2 is 1.90 bits per heavy atom.